The van der Waals surface area contributed by atoms with Gasteiger partial charge in [-0.3, -0.25) is 29.0 Å². The van der Waals surface area contributed by atoms with Gasteiger partial charge in [0.15, 0.2) is 0 Å². The largest absolute Gasteiger partial charge is 0.275 e. The van der Waals surface area contributed by atoms with Crippen molar-refractivity contribution in [1.29, 1.82) is 0 Å². The third-order valence-corrected chi connectivity index (χ3v) is 5.63. The minimum atomic E-state index is -0.388. The molecule has 0 N–H and O–H groups in total. The van der Waals surface area contributed by atoms with Gasteiger partial charge in [-0.1, -0.05) is 13.8 Å². The van der Waals surface area contributed by atoms with Crippen molar-refractivity contribution in [2.75, 3.05) is 6.54 Å². The first-order valence-electron chi connectivity index (χ1n) is 9.29. The summed E-state index contributed by atoms with van der Waals surface area (Å²) in [5.74, 6) is -1.49. The molecule has 0 unspecified atom stereocenters. The van der Waals surface area contributed by atoms with Crippen molar-refractivity contribution >= 4 is 34.4 Å². The fraction of sp³-hybridized carbons (Fsp3) is 0.333. The lowest BCUT2D eigenvalue weighted by atomic mass is 9.85. The average Bonchev–Trinajstić information content (AvgIpc) is 2.68. The summed E-state index contributed by atoms with van der Waals surface area (Å²) in [6, 6.07) is 6.23. The summed E-state index contributed by atoms with van der Waals surface area (Å²) < 4.78 is 0. The van der Waals surface area contributed by atoms with E-state index in [1.54, 1.807) is 31.2 Å². The molecule has 0 atom stereocenters. The zero-order chi connectivity index (χ0) is 19.5. The Morgan fingerprint density at radius 1 is 0.667 bits per heavy atom. The van der Waals surface area contributed by atoms with Gasteiger partial charge in [-0.15, -0.1) is 0 Å². The minimum Gasteiger partial charge on any atom is -0.275 e. The number of hydrogen-bond donors (Lipinski definition) is 0. The molecular weight excluding hydrogens is 344 g/mol. The summed E-state index contributed by atoms with van der Waals surface area (Å²) in [5.41, 5.74) is 1.48. The summed E-state index contributed by atoms with van der Waals surface area (Å²) in [6.45, 7) is 5.90. The van der Waals surface area contributed by atoms with Crippen molar-refractivity contribution in [2.45, 2.75) is 39.7 Å². The van der Waals surface area contributed by atoms with Crippen molar-refractivity contribution in [3.63, 3.8) is 0 Å². The molecule has 0 saturated heterocycles. The molecule has 0 fully saturated rings. The van der Waals surface area contributed by atoms with E-state index < -0.39 is 0 Å². The van der Waals surface area contributed by atoms with Gasteiger partial charge in [0, 0.05) is 45.6 Å². The molecular formula is C21H20N2O4. The van der Waals surface area contributed by atoms with Gasteiger partial charge >= 0.3 is 0 Å². The smallest absolute Gasteiger partial charge is 0.261 e. The highest BCUT2D eigenvalue weighted by atomic mass is 16.2. The molecule has 0 radical (unpaired) electrons. The van der Waals surface area contributed by atoms with Crippen molar-refractivity contribution in [3.05, 3.63) is 46.5 Å². The van der Waals surface area contributed by atoms with Gasteiger partial charge in [0.05, 0.1) is 0 Å². The Hall–Kier alpha value is -3.02. The molecule has 2 heterocycles. The van der Waals surface area contributed by atoms with E-state index >= 15 is 0 Å². The second-order valence-electron chi connectivity index (χ2n) is 6.88. The first-order valence-corrected chi connectivity index (χ1v) is 9.29. The topological polar surface area (TPSA) is 74.8 Å². The molecule has 2 aliphatic heterocycles. The Labute approximate surface area is 156 Å². The van der Waals surface area contributed by atoms with Crippen LogP contribution in [0.4, 0.5) is 0 Å². The molecule has 138 valence electrons. The number of amides is 4. The number of nitrogens with zero attached hydrogens (tertiary/aromatic N) is 2. The van der Waals surface area contributed by atoms with Crippen LogP contribution in [0, 0.1) is 0 Å². The number of rotatable bonds is 4. The molecule has 4 amide bonds. The van der Waals surface area contributed by atoms with E-state index in [2.05, 4.69) is 0 Å². The minimum absolute atomic E-state index is 0.181. The average molecular weight is 364 g/mol. The molecule has 0 aromatic heterocycles. The Kier molecular flexibility index (Phi) is 3.87. The zero-order valence-electron chi connectivity index (χ0n) is 15.5. The number of hydrogen-bond acceptors (Lipinski definition) is 4. The van der Waals surface area contributed by atoms with Crippen LogP contribution in [0.25, 0.3) is 10.8 Å². The fourth-order valence-corrected chi connectivity index (χ4v) is 4.22. The highest BCUT2D eigenvalue weighted by Crippen LogP contribution is 2.38. The molecule has 6 heteroatoms. The summed E-state index contributed by atoms with van der Waals surface area (Å²) in [5, 5.41) is 0.857. The maximum Gasteiger partial charge on any atom is 0.261 e. The lowest BCUT2D eigenvalue weighted by Crippen LogP contribution is -2.47. The van der Waals surface area contributed by atoms with Crippen molar-refractivity contribution < 1.29 is 19.2 Å². The van der Waals surface area contributed by atoms with Crippen molar-refractivity contribution in [1.82, 2.24) is 9.80 Å². The van der Waals surface area contributed by atoms with Crippen molar-refractivity contribution in [3.8, 4) is 0 Å². The second-order valence-corrected chi connectivity index (χ2v) is 6.88. The van der Waals surface area contributed by atoms with Crippen LogP contribution in [0.15, 0.2) is 24.3 Å². The predicted octanol–water partition coefficient (Wildman–Crippen LogP) is 3.24. The Morgan fingerprint density at radius 3 is 1.37 bits per heavy atom. The first-order chi connectivity index (χ1) is 13.0. The lowest BCUT2D eigenvalue weighted by Gasteiger charge is -2.34. The zero-order valence-corrected chi connectivity index (χ0v) is 15.5. The Morgan fingerprint density at radius 2 is 1.04 bits per heavy atom. The van der Waals surface area contributed by atoms with Gasteiger partial charge < -0.3 is 0 Å². The summed E-state index contributed by atoms with van der Waals surface area (Å²) >= 11 is 0. The van der Waals surface area contributed by atoms with E-state index in [9.17, 15) is 19.2 Å². The third-order valence-electron chi connectivity index (χ3n) is 5.63. The van der Waals surface area contributed by atoms with E-state index in [1.165, 1.54) is 9.80 Å². The number of carbonyl (C=O) groups is 4. The van der Waals surface area contributed by atoms with Crippen LogP contribution in [0.5, 0.6) is 0 Å². The van der Waals surface area contributed by atoms with E-state index in [-0.39, 0.29) is 36.2 Å². The molecule has 2 aliphatic rings. The Bertz CT molecular complexity index is 965. The van der Waals surface area contributed by atoms with E-state index in [1.807, 2.05) is 13.8 Å². The van der Waals surface area contributed by atoms with Crippen molar-refractivity contribution in [2.24, 2.45) is 0 Å². The van der Waals surface area contributed by atoms with E-state index in [4.69, 9.17) is 0 Å². The lowest BCUT2D eigenvalue weighted by molar-refractivity contribution is 0.0525. The SMILES string of the molecule is CCC(CC)N1C(=O)c2ccc3c4c(ccc(c24)C1=O)C(=O)N(CC)C3=O. The summed E-state index contributed by atoms with van der Waals surface area (Å²) in [4.78, 5) is 54.2. The molecule has 0 saturated carbocycles. The maximum atomic E-state index is 13.1. The van der Waals surface area contributed by atoms with E-state index in [0.29, 0.717) is 45.9 Å². The predicted molar refractivity (Wildman–Crippen MR) is 99.9 cm³/mol. The van der Waals surface area contributed by atoms with Gasteiger partial charge in [-0.05, 0) is 44.0 Å². The molecule has 0 aliphatic carbocycles. The highest BCUT2D eigenvalue weighted by Gasteiger charge is 2.40. The number of imide groups is 2. The highest BCUT2D eigenvalue weighted by molar-refractivity contribution is 6.33. The molecule has 2 aromatic rings. The van der Waals surface area contributed by atoms with E-state index in [0.717, 1.165) is 0 Å². The quantitative estimate of drug-likeness (QED) is 0.781. The van der Waals surface area contributed by atoms with Gasteiger partial charge in [0.25, 0.3) is 23.6 Å². The molecule has 4 rings (SSSR count). The van der Waals surface area contributed by atoms with Gasteiger partial charge in [0.2, 0.25) is 0 Å². The van der Waals surface area contributed by atoms with Crippen LogP contribution in [0.1, 0.15) is 75.0 Å². The number of benzene rings is 2. The summed E-state index contributed by atoms with van der Waals surface area (Å²) in [7, 11) is 0. The van der Waals surface area contributed by atoms with Crippen LogP contribution in [-0.2, 0) is 0 Å². The van der Waals surface area contributed by atoms with Gasteiger partial charge in [0.1, 0.15) is 0 Å². The molecule has 27 heavy (non-hydrogen) atoms. The van der Waals surface area contributed by atoms with Gasteiger partial charge in [-0.25, -0.2) is 0 Å². The van der Waals surface area contributed by atoms with Crippen LogP contribution >= 0.6 is 0 Å². The van der Waals surface area contributed by atoms with Crippen LogP contribution in [0.2, 0.25) is 0 Å². The molecule has 0 bridgehead atoms. The van der Waals surface area contributed by atoms with Crippen LogP contribution < -0.4 is 0 Å². The monoisotopic (exact) mass is 364 g/mol. The summed E-state index contributed by atoms with van der Waals surface area (Å²) in [6.07, 6.45) is 1.34. The maximum absolute atomic E-state index is 13.1. The Balaban J connectivity index is 2.03. The normalized spacial score (nSPS) is 16.1. The standard InChI is InChI=1S/C21H20N2O4/c1-4-11(5-2)23-20(26)14-9-7-12-16-13(19(25)22(6-3)18(12)24)8-10-15(17(14)16)21(23)27/h7-11H,4-6H2,1-3H3. The molecule has 6 nitrogen and oxygen atoms in total. The fourth-order valence-electron chi connectivity index (χ4n) is 4.22. The molecule has 2 aromatic carbocycles. The second kappa shape index (κ2) is 6.01. The van der Waals surface area contributed by atoms with Gasteiger partial charge in [-0.2, -0.15) is 0 Å². The third kappa shape index (κ3) is 2.13. The molecule has 0 spiro atoms. The van der Waals surface area contributed by atoms with Crippen LogP contribution in [-0.4, -0.2) is 46.0 Å². The van der Waals surface area contributed by atoms with Crippen LogP contribution in [0.3, 0.4) is 0 Å². The first kappa shape index (κ1) is 17.4. The number of carbonyl (C=O) groups excluding carboxylic acids is 4.